The van der Waals surface area contributed by atoms with Gasteiger partial charge in [0.25, 0.3) is 0 Å². The molecular formula is C17H18N2O4. The predicted octanol–water partition coefficient (Wildman–Crippen LogP) is 2.31. The normalized spacial score (nSPS) is 11.5. The first kappa shape index (κ1) is 16.5. The summed E-state index contributed by atoms with van der Waals surface area (Å²) in [6, 6.07) is 11.6. The van der Waals surface area contributed by atoms with E-state index in [1.807, 2.05) is 37.3 Å². The standard InChI is InChI=1S/C17H18N2O4/c1-12-9-14(7-8-18-12)10-15(16(20)21)19-17(22)23-11-13-5-3-2-4-6-13/h2-9,15H,10-11H2,1H3,(H,19,22)(H,20,21). The van der Waals surface area contributed by atoms with Crippen molar-refractivity contribution in [3.8, 4) is 0 Å². The number of nitrogens with one attached hydrogen (secondary N) is 1. The Morgan fingerprint density at radius 3 is 2.61 bits per heavy atom. The molecule has 1 unspecified atom stereocenters. The van der Waals surface area contributed by atoms with E-state index >= 15 is 0 Å². The minimum Gasteiger partial charge on any atom is -0.480 e. The monoisotopic (exact) mass is 314 g/mol. The number of aromatic nitrogens is 1. The molecule has 1 aromatic heterocycles. The number of rotatable bonds is 6. The Balaban J connectivity index is 1.91. The first-order chi connectivity index (χ1) is 11.0. The number of aryl methyl sites for hydroxylation is 1. The smallest absolute Gasteiger partial charge is 0.408 e. The highest BCUT2D eigenvalue weighted by molar-refractivity contribution is 5.80. The Kier molecular flexibility index (Phi) is 5.68. The lowest BCUT2D eigenvalue weighted by molar-refractivity contribution is -0.139. The molecule has 1 heterocycles. The number of hydrogen-bond donors (Lipinski definition) is 2. The molecule has 0 spiro atoms. The Hall–Kier alpha value is -2.89. The van der Waals surface area contributed by atoms with Crippen LogP contribution in [0.5, 0.6) is 0 Å². The van der Waals surface area contributed by atoms with Crippen LogP contribution in [0, 0.1) is 6.92 Å². The summed E-state index contributed by atoms with van der Waals surface area (Å²) in [4.78, 5) is 27.1. The quantitative estimate of drug-likeness (QED) is 0.854. The van der Waals surface area contributed by atoms with Gasteiger partial charge >= 0.3 is 12.1 Å². The number of aliphatic carboxylic acids is 1. The average Bonchev–Trinajstić information content (AvgIpc) is 2.53. The first-order valence-electron chi connectivity index (χ1n) is 7.16. The number of amides is 1. The predicted molar refractivity (Wildman–Crippen MR) is 83.9 cm³/mol. The molecule has 6 nitrogen and oxygen atoms in total. The van der Waals surface area contributed by atoms with Gasteiger partial charge in [0.1, 0.15) is 12.6 Å². The Morgan fingerprint density at radius 2 is 1.96 bits per heavy atom. The van der Waals surface area contributed by atoms with Crippen LogP contribution in [0.3, 0.4) is 0 Å². The van der Waals surface area contributed by atoms with Gasteiger partial charge in [-0.1, -0.05) is 30.3 Å². The van der Waals surface area contributed by atoms with E-state index < -0.39 is 18.1 Å². The highest BCUT2D eigenvalue weighted by Gasteiger charge is 2.21. The average molecular weight is 314 g/mol. The fraction of sp³-hybridized carbons (Fsp3) is 0.235. The highest BCUT2D eigenvalue weighted by Crippen LogP contribution is 2.06. The fourth-order valence-corrected chi connectivity index (χ4v) is 2.07. The lowest BCUT2D eigenvalue weighted by Gasteiger charge is -2.15. The van der Waals surface area contributed by atoms with Crippen LogP contribution < -0.4 is 5.32 Å². The number of carboxylic acids is 1. The topological polar surface area (TPSA) is 88.5 Å². The molecule has 0 radical (unpaired) electrons. The number of alkyl carbamates (subject to hydrolysis) is 1. The summed E-state index contributed by atoms with van der Waals surface area (Å²) in [5.74, 6) is -1.11. The molecule has 1 atom stereocenters. The van der Waals surface area contributed by atoms with E-state index in [2.05, 4.69) is 10.3 Å². The molecule has 2 N–H and O–H groups in total. The molecule has 1 aromatic carbocycles. The van der Waals surface area contributed by atoms with Crippen molar-refractivity contribution in [3.63, 3.8) is 0 Å². The zero-order chi connectivity index (χ0) is 16.7. The summed E-state index contributed by atoms with van der Waals surface area (Å²) in [5, 5.41) is 11.6. The number of benzene rings is 1. The second kappa shape index (κ2) is 7.93. The largest absolute Gasteiger partial charge is 0.480 e. The van der Waals surface area contributed by atoms with Crippen LogP contribution in [-0.2, 0) is 22.6 Å². The van der Waals surface area contributed by atoms with Gasteiger partial charge in [0.05, 0.1) is 0 Å². The Bertz CT molecular complexity index is 673. The van der Waals surface area contributed by atoms with Gasteiger partial charge in [-0.05, 0) is 30.2 Å². The third-order valence-electron chi connectivity index (χ3n) is 3.20. The number of nitrogens with zero attached hydrogens (tertiary/aromatic N) is 1. The van der Waals surface area contributed by atoms with Crippen molar-refractivity contribution in [1.82, 2.24) is 10.3 Å². The second-order valence-corrected chi connectivity index (χ2v) is 5.11. The van der Waals surface area contributed by atoms with E-state index in [1.54, 1.807) is 18.3 Å². The van der Waals surface area contributed by atoms with Crippen molar-refractivity contribution in [2.45, 2.75) is 26.0 Å². The van der Waals surface area contributed by atoms with Gasteiger partial charge in [0.2, 0.25) is 0 Å². The van der Waals surface area contributed by atoms with E-state index in [1.165, 1.54) is 0 Å². The molecule has 2 rings (SSSR count). The molecule has 0 aliphatic heterocycles. The molecule has 0 bridgehead atoms. The van der Waals surface area contributed by atoms with Gasteiger partial charge in [-0.2, -0.15) is 0 Å². The minimum absolute atomic E-state index is 0.0907. The first-order valence-corrected chi connectivity index (χ1v) is 7.16. The van der Waals surface area contributed by atoms with E-state index in [-0.39, 0.29) is 13.0 Å². The van der Waals surface area contributed by atoms with E-state index in [4.69, 9.17) is 4.74 Å². The third-order valence-corrected chi connectivity index (χ3v) is 3.20. The molecule has 120 valence electrons. The second-order valence-electron chi connectivity index (χ2n) is 5.11. The number of carboxylic acid groups (broad SMARTS) is 1. The summed E-state index contributed by atoms with van der Waals surface area (Å²) in [7, 11) is 0. The Morgan fingerprint density at radius 1 is 1.22 bits per heavy atom. The molecule has 0 fully saturated rings. The summed E-state index contributed by atoms with van der Waals surface area (Å²) in [5.41, 5.74) is 2.41. The molecular weight excluding hydrogens is 296 g/mol. The zero-order valence-corrected chi connectivity index (χ0v) is 12.7. The summed E-state index contributed by atoms with van der Waals surface area (Å²) >= 11 is 0. The van der Waals surface area contributed by atoms with Gasteiger partial charge < -0.3 is 15.2 Å². The number of pyridine rings is 1. The molecule has 0 saturated carbocycles. The van der Waals surface area contributed by atoms with E-state index in [9.17, 15) is 14.7 Å². The van der Waals surface area contributed by atoms with Crippen LogP contribution in [0.25, 0.3) is 0 Å². The van der Waals surface area contributed by atoms with Gasteiger partial charge in [-0.25, -0.2) is 9.59 Å². The van der Waals surface area contributed by atoms with Crippen molar-refractivity contribution < 1.29 is 19.4 Å². The van der Waals surface area contributed by atoms with Crippen LogP contribution in [-0.4, -0.2) is 28.2 Å². The number of ether oxygens (including phenoxy) is 1. The van der Waals surface area contributed by atoms with Crippen molar-refractivity contribution >= 4 is 12.1 Å². The van der Waals surface area contributed by atoms with Gasteiger partial charge in [-0.15, -0.1) is 0 Å². The maximum Gasteiger partial charge on any atom is 0.408 e. The lowest BCUT2D eigenvalue weighted by atomic mass is 10.1. The van der Waals surface area contributed by atoms with Crippen LogP contribution in [0.1, 0.15) is 16.8 Å². The van der Waals surface area contributed by atoms with Crippen molar-refractivity contribution in [2.24, 2.45) is 0 Å². The minimum atomic E-state index is -1.11. The molecule has 23 heavy (non-hydrogen) atoms. The van der Waals surface area contributed by atoms with Crippen molar-refractivity contribution in [1.29, 1.82) is 0 Å². The molecule has 1 amide bonds. The van der Waals surface area contributed by atoms with Crippen molar-refractivity contribution in [2.75, 3.05) is 0 Å². The molecule has 0 saturated heterocycles. The van der Waals surface area contributed by atoms with Crippen LogP contribution in [0.2, 0.25) is 0 Å². The number of hydrogen-bond acceptors (Lipinski definition) is 4. The van der Waals surface area contributed by atoms with Crippen molar-refractivity contribution in [3.05, 3.63) is 65.5 Å². The summed E-state index contributed by atoms with van der Waals surface area (Å²) < 4.78 is 5.04. The molecule has 0 aliphatic rings. The van der Waals surface area contributed by atoms with Gasteiger partial charge in [-0.3, -0.25) is 4.98 Å². The number of carbonyl (C=O) groups is 2. The molecule has 0 aliphatic carbocycles. The fourth-order valence-electron chi connectivity index (χ4n) is 2.07. The van der Waals surface area contributed by atoms with Gasteiger partial charge in [0, 0.05) is 18.3 Å². The SMILES string of the molecule is Cc1cc(CC(NC(=O)OCc2ccccc2)C(=O)O)ccn1. The lowest BCUT2D eigenvalue weighted by Crippen LogP contribution is -2.42. The maximum atomic E-state index is 11.8. The molecule has 2 aromatic rings. The molecule has 6 heteroatoms. The highest BCUT2D eigenvalue weighted by atomic mass is 16.5. The van der Waals surface area contributed by atoms with Gasteiger partial charge in [0.15, 0.2) is 0 Å². The Labute approximate surface area is 134 Å². The summed E-state index contributed by atoms with van der Waals surface area (Å²) in [6.07, 6.45) is 1.02. The van der Waals surface area contributed by atoms with E-state index in [0.29, 0.717) is 0 Å². The number of carbonyl (C=O) groups excluding carboxylic acids is 1. The van der Waals surface area contributed by atoms with Crippen LogP contribution in [0.15, 0.2) is 48.7 Å². The zero-order valence-electron chi connectivity index (χ0n) is 12.7. The van der Waals surface area contributed by atoms with Crippen LogP contribution >= 0.6 is 0 Å². The van der Waals surface area contributed by atoms with Crippen LogP contribution in [0.4, 0.5) is 4.79 Å². The third kappa shape index (κ3) is 5.43. The van der Waals surface area contributed by atoms with E-state index in [0.717, 1.165) is 16.8 Å². The maximum absolute atomic E-state index is 11.8. The summed E-state index contributed by atoms with van der Waals surface area (Å²) in [6.45, 7) is 1.91.